The van der Waals surface area contributed by atoms with Gasteiger partial charge in [0.25, 0.3) is 5.91 Å². The van der Waals surface area contributed by atoms with E-state index in [1.54, 1.807) is 11.3 Å². The fourth-order valence-corrected chi connectivity index (χ4v) is 4.74. The van der Waals surface area contributed by atoms with E-state index in [0.717, 1.165) is 20.6 Å². The second kappa shape index (κ2) is 8.48. The average Bonchev–Trinajstić information content (AvgIpc) is 3.32. The summed E-state index contributed by atoms with van der Waals surface area (Å²) in [6, 6.07) is 11.8. The summed E-state index contributed by atoms with van der Waals surface area (Å²) in [7, 11) is -0.578. The lowest BCUT2D eigenvalue weighted by molar-refractivity contribution is 0.0949. The Labute approximate surface area is 175 Å². The van der Waals surface area contributed by atoms with Gasteiger partial charge in [0.1, 0.15) is 6.04 Å². The Bertz CT molecular complexity index is 1090. The van der Waals surface area contributed by atoms with Crippen molar-refractivity contribution in [2.45, 2.75) is 24.8 Å². The second-order valence-corrected chi connectivity index (χ2v) is 10.1. The molecule has 1 aromatic carbocycles. The number of amides is 1. The van der Waals surface area contributed by atoms with Gasteiger partial charge in [-0.15, -0.1) is 11.3 Å². The molecule has 1 unspecified atom stereocenters. The molecule has 0 aliphatic heterocycles. The van der Waals surface area contributed by atoms with E-state index >= 15 is 0 Å². The van der Waals surface area contributed by atoms with Gasteiger partial charge in [0.2, 0.25) is 10.0 Å². The minimum atomic E-state index is -3.52. The summed E-state index contributed by atoms with van der Waals surface area (Å²) in [5.74, 6) is -0.262. The van der Waals surface area contributed by atoms with Gasteiger partial charge < -0.3 is 5.32 Å². The van der Waals surface area contributed by atoms with Crippen LogP contribution in [0.2, 0.25) is 0 Å². The van der Waals surface area contributed by atoms with Crippen molar-refractivity contribution in [3.63, 3.8) is 0 Å². The van der Waals surface area contributed by atoms with Crippen molar-refractivity contribution in [3.05, 3.63) is 69.7 Å². The van der Waals surface area contributed by atoms with E-state index in [0.29, 0.717) is 12.1 Å². The third-order valence-corrected chi connectivity index (χ3v) is 7.37. The molecule has 9 heteroatoms. The molecule has 0 aliphatic rings. The van der Waals surface area contributed by atoms with E-state index in [1.165, 1.54) is 38.4 Å². The van der Waals surface area contributed by atoms with Crippen LogP contribution in [0.5, 0.6) is 0 Å². The van der Waals surface area contributed by atoms with Crippen LogP contribution in [-0.2, 0) is 10.0 Å². The third-order valence-electron chi connectivity index (χ3n) is 4.56. The lowest BCUT2D eigenvalue weighted by Crippen LogP contribution is -2.32. The zero-order valence-corrected chi connectivity index (χ0v) is 18.4. The summed E-state index contributed by atoms with van der Waals surface area (Å²) in [4.78, 5) is 13.9. The fraction of sp³-hybridized carbons (Fsp3) is 0.300. The summed E-state index contributed by atoms with van der Waals surface area (Å²) in [5, 5.41) is 9.52. The molecular formula is C20H24N4O3S2. The molecule has 3 rings (SSSR count). The SMILES string of the molecule is Cc1cc(C)n(C(CNC(=O)c2ccc(S(=O)(=O)N(C)C)cc2)c2cccs2)n1. The third kappa shape index (κ3) is 4.58. The number of rotatable bonds is 7. The minimum Gasteiger partial charge on any atom is -0.350 e. The van der Waals surface area contributed by atoms with Gasteiger partial charge in [0.15, 0.2) is 0 Å². The first-order valence-electron chi connectivity index (χ1n) is 9.07. The van der Waals surface area contributed by atoms with Crippen molar-refractivity contribution in [2.75, 3.05) is 20.6 Å². The van der Waals surface area contributed by atoms with E-state index in [4.69, 9.17) is 0 Å². The van der Waals surface area contributed by atoms with Gasteiger partial charge in [-0.3, -0.25) is 9.48 Å². The highest BCUT2D eigenvalue weighted by atomic mass is 32.2. The van der Waals surface area contributed by atoms with Gasteiger partial charge in [-0.05, 0) is 55.6 Å². The second-order valence-electron chi connectivity index (χ2n) is 6.92. The molecule has 1 amide bonds. The number of sulfonamides is 1. The van der Waals surface area contributed by atoms with Crippen LogP contribution in [-0.4, -0.2) is 49.1 Å². The Morgan fingerprint density at radius 3 is 2.41 bits per heavy atom. The van der Waals surface area contributed by atoms with Gasteiger partial charge in [-0.1, -0.05) is 6.07 Å². The fourth-order valence-electron chi connectivity index (χ4n) is 3.03. The first-order valence-corrected chi connectivity index (χ1v) is 11.4. The number of benzene rings is 1. The van der Waals surface area contributed by atoms with Crippen LogP contribution in [0.3, 0.4) is 0 Å². The number of nitrogens with one attached hydrogen (secondary N) is 1. The first kappa shape index (κ1) is 21.2. The van der Waals surface area contributed by atoms with E-state index in [9.17, 15) is 13.2 Å². The van der Waals surface area contributed by atoms with Crippen LogP contribution >= 0.6 is 11.3 Å². The summed E-state index contributed by atoms with van der Waals surface area (Å²) in [5.41, 5.74) is 2.35. The van der Waals surface area contributed by atoms with Crippen molar-refractivity contribution in [2.24, 2.45) is 0 Å². The molecule has 154 valence electrons. The topological polar surface area (TPSA) is 84.3 Å². The Morgan fingerprint density at radius 2 is 1.90 bits per heavy atom. The number of aryl methyl sites for hydroxylation is 2. The number of hydrogen-bond donors (Lipinski definition) is 1. The predicted molar refractivity (Wildman–Crippen MR) is 114 cm³/mol. The van der Waals surface area contributed by atoms with Crippen molar-refractivity contribution in [3.8, 4) is 0 Å². The van der Waals surface area contributed by atoms with Gasteiger partial charge in [-0.2, -0.15) is 5.10 Å². The highest BCUT2D eigenvalue weighted by Gasteiger charge is 2.21. The number of nitrogens with zero attached hydrogens (tertiary/aromatic N) is 3. The lowest BCUT2D eigenvalue weighted by atomic mass is 10.2. The van der Waals surface area contributed by atoms with Crippen LogP contribution in [0.25, 0.3) is 0 Å². The summed E-state index contributed by atoms with van der Waals surface area (Å²) in [6.07, 6.45) is 0. The summed E-state index contributed by atoms with van der Waals surface area (Å²) < 4.78 is 27.4. The molecular weight excluding hydrogens is 408 g/mol. The summed E-state index contributed by atoms with van der Waals surface area (Å²) in [6.45, 7) is 4.31. The molecule has 0 bridgehead atoms. The number of carbonyl (C=O) groups is 1. The smallest absolute Gasteiger partial charge is 0.251 e. The normalized spacial score (nSPS) is 12.9. The molecule has 0 fully saturated rings. The molecule has 0 spiro atoms. The van der Waals surface area contributed by atoms with E-state index in [2.05, 4.69) is 10.4 Å². The highest BCUT2D eigenvalue weighted by Crippen LogP contribution is 2.24. The largest absolute Gasteiger partial charge is 0.350 e. The zero-order chi connectivity index (χ0) is 21.2. The molecule has 7 nitrogen and oxygen atoms in total. The van der Waals surface area contributed by atoms with E-state index in [1.807, 2.05) is 42.1 Å². The number of aromatic nitrogens is 2. The Hall–Kier alpha value is -2.49. The van der Waals surface area contributed by atoms with Crippen LogP contribution in [0.1, 0.15) is 32.7 Å². The average molecular weight is 433 g/mol. The van der Waals surface area contributed by atoms with E-state index < -0.39 is 10.0 Å². The van der Waals surface area contributed by atoms with Crippen LogP contribution in [0.4, 0.5) is 0 Å². The van der Waals surface area contributed by atoms with Gasteiger partial charge in [-0.25, -0.2) is 12.7 Å². The minimum absolute atomic E-state index is 0.110. The number of carbonyl (C=O) groups excluding carboxylic acids is 1. The van der Waals surface area contributed by atoms with Gasteiger partial charge in [0.05, 0.1) is 10.6 Å². The molecule has 0 aliphatic carbocycles. The molecule has 29 heavy (non-hydrogen) atoms. The maximum Gasteiger partial charge on any atom is 0.251 e. The van der Waals surface area contributed by atoms with E-state index in [-0.39, 0.29) is 16.8 Å². The molecule has 1 atom stereocenters. The molecule has 0 saturated carbocycles. The van der Waals surface area contributed by atoms with Crippen LogP contribution in [0, 0.1) is 13.8 Å². The quantitative estimate of drug-likeness (QED) is 0.622. The lowest BCUT2D eigenvalue weighted by Gasteiger charge is -2.19. The standard InChI is InChI=1S/C20H24N4O3S2/c1-14-12-15(2)24(22-14)18(19-6-5-11-28-19)13-21-20(25)16-7-9-17(10-8-16)29(26,27)23(3)4/h5-12,18H,13H2,1-4H3,(H,21,25). The maximum absolute atomic E-state index is 12.6. The molecule has 1 N–H and O–H groups in total. The van der Waals surface area contributed by atoms with Crippen molar-refractivity contribution in [1.82, 2.24) is 19.4 Å². The zero-order valence-electron chi connectivity index (χ0n) is 16.8. The highest BCUT2D eigenvalue weighted by molar-refractivity contribution is 7.89. The van der Waals surface area contributed by atoms with Crippen LogP contribution < -0.4 is 5.32 Å². The molecule has 2 heterocycles. The molecule has 2 aromatic heterocycles. The van der Waals surface area contributed by atoms with Gasteiger partial charge >= 0.3 is 0 Å². The monoisotopic (exact) mass is 432 g/mol. The summed E-state index contributed by atoms with van der Waals surface area (Å²) >= 11 is 1.62. The molecule has 0 saturated heterocycles. The maximum atomic E-state index is 12.6. The predicted octanol–water partition coefficient (Wildman–Crippen LogP) is 2.83. The van der Waals surface area contributed by atoms with Gasteiger partial charge in [0, 0.05) is 36.8 Å². The Balaban J connectivity index is 1.76. The number of hydrogen-bond acceptors (Lipinski definition) is 5. The van der Waals surface area contributed by atoms with Crippen molar-refractivity contribution < 1.29 is 13.2 Å². The Morgan fingerprint density at radius 1 is 1.21 bits per heavy atom. The first-order chi connectivity index (χ1) is 13.7. The Kier molecular flexibility index (Phi) is 6.21. The van der Waals surface area contributed by atoms with Crippen molar-refractivity contribution in [1.29, 1.82) is 0 Å². The van der Waals surface area contributed by atoms with Crippen molar-refractivity contribution >= 4 is 27.3 Å². The number of thiophene rings is 1. The molecule has 3 aromatic rings. The molecule has 0 radical (unpaired) electrons. The van der Waals surface area contributed by atoms with Crippen LogP contribution in [0.15, 0.2) is 52.7 Å².